The SMILES string of the molecule is CC(OCCI)OCCI. The van der Waals surface area contributed by atoms with E-state index in [4.69, 9.17) is 9.47 Å². The quantitative estimate of drug-likeness (QED) is 0.406. The molecule has 2 nitrogen and oxygen atoms in total. The van der Waals surface area contributed by atoms with E-state index >= 15 is 0 Å². The number of hydrogen-bond acceptors (Lipinski definition) is 2. The molecule has 0 aliphatic rings. The van der Waals surface area contributed by atoms with E-state index in [0.717, 1.165) is 22.1 Å². The molecule has 0 aromatic heterocycles. The van der Waals surface area contributed by atoms with Crippen LogP contribution in [-0.4, -0.2) is 28.4 Å². The summed E-state index contributed by atoms with van der Waals surface area (Å²) in [6.45, 7) is 3.49. The molecule has 0 N–H and O–H groups in total. The van der Waals surface area contributed by atoms with E-state index in [9.17, 15) is 0 Å². The Labute approximate surface area is 89.3 Å². The molecule has 0 aliphatic carbocycles. The molecule has 0 amide bonds. The van der Waals surface area contributed by atoms with Gasteiger partial charge in [-0.05, 0) is 6.92 Å². The van der Waals surface area contributed by atoms with Crippen molar-refractivity contribution in [2.24, 2.45) is 0 Å². The maximum Gasteiger partial charge on any atom is 0.154 e. The minimum Gasteiger partial charge on any atom is -0.352 e. The second kappa shape index (κ2) is 8.48. The Balaban J connectivity index is 3.00. The van der Waals surface area contributed by atoms with Crippen molar-refractivity contribution in [3.63, 3.8) is 0 Å². The zero-order valence-corrected chi connectivity index (χ0v) is 10.3. The van der Waals surface area contributed by atoms with Gasteiger partial charge in [0.05, 0.1) is 13.2 Å². The van der Waals surface area contributed by atoms with Crippen molar-refractivity contribution in [1.29, 1.82) is 0 Å². The maximum absolute atomic E-state index is 5.26. The molecule has 0 spiro atoms. The van der Waals surface area contributed by atoms with Crippen LogP contribution in [0, 0.1) is 0 Å². The molecule has 0 fully saturated rings. The summed E-state index contributed by atoms with van der Waals surface area (Å²) in [5.41, 5.74) is 0. The molecule has 0 aliphatic heterocycles. The minimum atomic E-state index is -0.0375. The second-order valence-corrected chi connectivity index (χ2v) is 3.84. The highest BCUT2D eigenvalue weighted by Gasteiger charge is 1.98. The molecule has 0 saturated heterocycles. The Morgan fingerprint density at radius 1 is 1.10 bits per heavy atom. The number of ether oxygens (including phenoxy) is 2. The van der Waals surface area contributed by atoms with Crippen LogP contribution in [0.2, 0.25) is 0 Å². The highest BCUT2D eigenvalue weighted by Crippen LogP contribution is 1.95. The summed E-state index contributed by atoms with van der Waals surface area (Å²) in [7, 11) is 0. The van der Waals surface area contributed by atoms with E-state index in [2.05, 4.69) is 45.2 Å². The maximum atomic E-state index is 5.26. The first-order valence-electron chi connectivity index (χ1n) is 3.16. The Kier molecular flexibility index (Phi) is 9.65. The highest BCUT2D eigenvalue weighted by atomic mass is 127. The Morgan fingerprint density at radius 3 is 1.80 bits per heavy atom. The van der Waals surface area contributed by atoms with E-state index in [0.29, 0.717) is 0 Å². The predicted molar refractivity (Wildman–Crippen MR) is 59.1 cm³/mol. The van der Waals surface area contributed by atoms with Gasteiger partial charge in [-0.25, -0.2) is 0 Å². The summed E-state index contributed by atoms with van der Waals surface area (Å²) in [4.78, 5) is 0. The van der Waals surface area contributed by atoms with E-state index < -0.39 is 0 Å². The molecule has 62 valence electrons. The predicted octanol–water partition coefficient (Wildman–Crippen LogP) is 2.24. The largest absolute Gasteiger partial charge is 0.352 e. The van der Waals surface area contributed by atoms with E-state index in [-0.39, 0.29) is 6.29 Å². The topological polar surface area (TPSA) is 18.5 Å². The second-order valence-electron chi connectivity index (χ2n) is 1.69. The van der Waals surface area contributed by atoms with Gasteiger partial charge in [-0.2, -0.15) is 0 Å². The zero-order chi connectivity index (χ0) is 7.82. The van der Waals surface area contributed by atoms with Crippen LogP contribution in [-0.2, 0) is 9.47 Å². The number of rotatable bonds is 6. The first-order valence-corrected chi connectivity index (χ1v) is 6.21. The average molecular weight is 370 g/mol. The van der Waals surface area contributed by atoms with Crippen LogP contribution in [0.4, 0.5) is 0 Å². The smallest absolute Gasteiger partial charge is 0.154 e. The van der Waals surface area contributed by atoms with Crippen molar-refractivity contribution >= 4 is 45.2 Å². The molecule has 0 radical (unpaired) electrons. The van der Waals surface area contributed by atoms with Gasteiger partial charge >= 0.3 is 0 Å². The van der Waals surface area contributed by atoms with Gasteiger partial charge in [0.1, 0.15) is 0 Å². The standard InChI is InChI=1S/C6H12I2O2/c1-6(9-4-2-7)10-5-3-8/h6H,2-5H2,1H3. The fourth-order valence-electron chi connectivity index (χ4n) is 0.469. The fourth-order valence-corrected chi connectivity index (χ4v) is 0.978. The van der Waals surface area contributed by atoms with Crippen LogP contribution in [0.1, 0.15) is 6.92 Å². The Morgan fingerprint density at radius 2 is 1.50 bits per heavy atom. The van der Waals surface area contributed by atoms with Gasteiger partial charge in [0.2, 0.25) is 0 Å². The number of alkyl halides is 2. The molecular formula is C6H12I2O2. The first kappa shape index (κ1) is 11.4. The van der Waals surface area contributed by atoms with Crippen molar-refractivity contribution < 1.29 is 9.47 Å². The van der Waals surface area contributed by atoms with Crippen LogP contribution in [0.25, 0.3) is 0 Å². The Hall–Kier alpha value is 1.38. The van der Waals surface area contributed by atoms with Crippen LogP contribution in [0.3, 0.4) is 0 Å². The molecule has 10 heavy (non-hydrogen) atoms. The van der Waals surface area contributed by atoms with Crippen molar-refractivity contribution in [2.45, 2.75) is 13.2 Å². The van der Waals surface area contributed by atoms with Crippen LogP contribution in [0.15, 0.2) is 0 Å². The van der Waals surface area contributed by atoms with Gasteiger partial charge in [0.25, 0.3) is 0 Å². The fraction of sp³-hybridized carbons (Fsp3) is 1.00. The summed E-state index contributed by atoms with van der Waals surface area (Å²) < 4.78 is 12.6. The van der Waals surface area contributed by atoms with Gasteiger partial charge < -0.3 is 9.47 Å². The molecule has 0 aromatic rings. The molecule has 0 atom stereocenters. The normalized spacial score (nSPS) is 10.8. The van der Waals surface area contributed by atoms with E-state index in [1.807, 2.05) is 6.92 Å². The summed E-state index contributed by atoms with van der Waals surface area (Å²) >= 11 is 4.55. The summed E-state index contributed by atoms with van der Waals surface area (Å²) in [6, 6.07) is 0. The minimum absolute atomic E-state index is 0.0375. The molecular weight excluding hydrogens is 358 g/mol. The molecule has 0 unspecified atom stereocenters. The Bertz CT molecular complexity index is 62.8. The van der Waals surface area contributed by atoms with Crippen molar-refractivity contribution in [2.75, 3.05) is 22.1 Å². The van der Waals surface area contributed by atoms with Crippen LogP contribution >= 0.6 is 45.2 Å². The highest BCUT2D eigenvalue weighted by molar-refractivity contribution is 14.1. The molecule has 0 aromatic carbocycles. The van der Waals surface area contributed by atoms with Crippen molar-refractivity contribution in [3.8, 4) is 0 Å². The lowest BCUT2D eigenvalue weighted by atomic mass is 10.7. The van der Waals surface area contributed by atoms with Gasteiger partial charge in [-0.1, -0.05) is 45.2 Å². The summed E-state index contributed by atoms with van der Waals surface area (Å²) in [5.74, 6) is 0. The lowest BCUT2D eigenvalue weighted by Gasteiger charge is -2.11. The summed E-state index contributed by atoms with van der Waals surface area (Å²) in [6.07, 6.45) is -0.0375. The number of halogens is 2. The van der Waals surface area contributed by atoms with Crippen molar-refractivity contribution in [3.05, 3.63) is 0 Å². The van der Waals surface area contributed by atoms with Gasteiger partial charge in [0.15, 0.2) is 6.29 Å². The third-order valence-corrected chi connectivity index (χ3v) is 1.74. The van der Waals surface area contributed by atoms with Crippen LogP contribution < -0.4 is 0 Å². The third-order valence-electron chi connectivity index (χ3n) is 0.859. The van der Waals surface area contributed by atoms with E-state index in [1.165, 1.54) is 0 Å². The molecule has 0 heterocycles. The third kappa shape index (κ3) is 7.49. The monoisotopic (exact) mass is 370 g/mol. The average Bonchev–Trinajstić information content (AvgIpc) is 1.97. The molecule has 0 bridgehead atoms. The first-order chi connectivity index (χ1) is 4.81. The molecule has 0 rings (SSSR count). The molecule has 0 saturated carbocycles. The lowest BCUT2D eigenvalue weighted by Crippen LogP contribution is -2.15. The van der Waals surface area contributed by atoms with Crippen LogP contribution in [0.5, 0.6) is 0 Å². The summed E-state index contributed by atoms with van der Waals surface area (Å²) in [5, 5.41) is 0. The number of hydrogen-bond donors (Lipinski definition) is 0. The van der Waals surface area contributed by atoms with E-state index in [1.54, 1.807) is 0 Å². The molecule has 4 heteroatoms. The van der Waals surface area contributed by atoms with Gasteiger partial charge in [-0.3, -0.25) is 0 Å². The van der Waals surface area contributed by atoms with Gasteiger partial charge in [0, 0.05) is 8.86 Å². The van der Waals surface area contributed by atoms with Crippen molar-refractivity contribution in [1.82, 2.24) is 0 Å². The lowest BCUT2D eigenvalue weighted by molar-refractivity contribution is -0.120. The zero-order valence-electron chi connectivity index (χ0n) is 5.98. The van der Waals surface area contributed by atoms with Gasteiger partial charge in [-0.15, -0.1) is 0 Å².